The summed E-state index contributed by atoms with van der Waals surface area (Å²) < 4.78 is 0. The number of nitrogens with one attached hydrogen (secondary N) is 1. The lowest BCUT2D eigenvalue weighted by Gasteiger charge is -2.18. The molecule has 0 heterocycles. The van der Waals surface area contributed by atoms with Crippen LogP contribution in [-0.4, -0.2) is 12.6 Å². The van der Waals surface area contributed by atoms with Crippen LogP contribution < -0.4 is 11.1 Å². The van der Waals surface area contributed by atoms with Gasteiger partial charge >= 0.3 is 0 Å². The standard InChI is InChI=1S/C12H16ClN3/c1-2-3-11(8-15)16-12-6-10(13)5-4-9(12)7-14/h4-6,11,16H,2-3,8,15H2,1H3. The Labute approximate surface area is 101 Å². The van der Waals surface area contributed by atoms with Gasteiger partial charge in [-0.3, -0.25) is 0 Å². The zero-order valence-electron chi connectivity index (χ0n) is 9.33. The number of hydrogen-bond donors (Lipinski definition) is 2. The van der Waals surface area contributed by atoms with Crippen molar-refractivity contribution in [3.05, 3.63) is 28.8 Å². The Morgan fingerprint density at radius 3 is 2.88 bits per heavy atom. The van der Waals surface area contributed by atoms with Gasteiger partial charge in [0, 0.05) is 17.6 Å². The Morgan fingerprint density at radius 2 is 2.31 bits per heavy atom. The van der Waals surface area contributed by atoms with E-state index in [2.05, 4.69) is 18.3 Å². The lowest BCUT2D eigenvalue weighted by molar-refractivity contribution is 0.648. The van der Waals surface area contributed by atoms with Gasteiger partial charge in [-0.15, -0.1) is 0 Å². The Kier molecular flexibility index (Phi) is 5.10. The van der Waals surface area contributed by atoms with Crippen molar-refractivity contribution in [2.45, 2.75) is 25.8 Å². The van der Waals surface area contributed by atoms with Crippen LogP contribution in [0.3, 0.4) is 0 Å². The fourth-order valence-electron chi connectivity index (χ4n) is 1.55. The number of nitrogens with zero attached hydrogens (tertiary/aromatic N) is 1. The molecule has 0 saturated carbocycles. The van der Waals surface area contributed by atoms with Crippen molar-refractivity contribution in [2.24, 2.45) is 5.73 Å². The minimum atomic E-state index is 0.190. The van der Waals surface area contributed by atoms with Crippen LogP contribution in [0.15, 0.2) is 18.2 Å². The number of benzene rings is 1. The summed E-state index contributed by atoms with van der Waals surface area (Å²) in [6.07, 6.45) is 2.03. The van der Waals surface area contributed by atoms with E-state index in [0.717, 1.165) is 18.5 Å². The second-order valence-corrected chi connectivity index (χ2v) is 4.10. The zero-order chi connectivity index (χ0) is 12.0. The summed E-state index contributed by atoms with van der Waals surface area (Å²) in [5.74, 6) is 0. The zero-order valence-corrected chi connectivity index (χ0v) is 10.1. The Balaban J connectivity index is 2.86. The van der Waals surface area contributed by atoms with E-state index in [-0.39, 0.29) is 6.04 Å². The summed E-state index contributed by atoms with van der Waals surface area (Å²) in [7, 11) is 0. The third-order valence-electron chi connectivity index (χ3n) is 2.38. The van der Waals surface area contributed by atoms with Gasteiger partial charge < -0.3 is 11.1 Å². The first-order valence-electron chi connectivity index (χ1n) is 5.37. The fraction of sp³-hybridized carbons (Fsp3) is 0.417. The molecule has 1 unspecified atom stereocenters. The predicted octanol–water partition coefficient (Wildman–Crippen LogP) is 2.75. The van der Waals surface area contributed by atoms with Crippen molar-refractivity contribution in [2.75, 3.05) is 11.9 Å². The van der Waals surface area contributed by atoms with Gasteiger partial charge in [-0.1, -0.05) is 24.9 Å². The molecule has 3 nitrogen and oxygen atoms in total. The molecule has 4 heteroatoms. The van der Waals surface area contributed by atoms with E-state index in [0.29, 0.717) is 17.1 Å². The molecule has 1 rings (SSSR count). The van der Waals surface area contributed by atoms with Crippen molar-refractivity contribution in [1.82, 2.24) is 0 Å². The SMILES string of the molecule is CCCC(CN)Nc1cc(Cl)ccc1C#N. The molecule has 0 amide bonds. The second-order valence-electron chi connectivity index (χ2n) is 3.67. The van der Waals surface area contributed by atoms with Crippen molar-refractivity contribution in [3.8, 4) is 6.07 Å². The van der Waals surface area contributed by atoms with E-state index >= 15 is 0 Å². The molecule has 86 valence electrons. The first kappa shape index (κ1) is 12.8. The van der Waals surface area contributed by atoms with Crippen molar-refractivity contribution in [3.63, 3.8) is 0 Å². The number of hydrogen-bond acceptors (Lipinski definition) is 3. The van der Waals surface area contributed by atoms with Gasteiger partial charge in [0.15, 0.2) is 0 Å². The van der Waals surface area contributed by atoms with Crippen molar-refractivity contribution >= 4 is 17.3 Å². The van der Waals surface area contributed by atoms with Gasteiger partial charge in [0.05, 0.1) is 11.3 Å². The molecule has 0 aliphatic carbocycles. The lowest BCUT2D eigenvalue weighted by Crippen LogP contribution is -2.28. The average molecular weight is 238 g/mol. The number of nitriles is 1. The highest BCUT2D eigenvalue weighted by molar-refractivity contribution is 6.30. The second kappa shape index (κ2) is 6.37. The predicted molar refractivity (Wildman–Crippen MR) is 67.5 cm³/mol. The van der Waals surface area contributed by atoms with Crippen LogP contribution in [-0.2, 0) is 0 Å². The number of rotatable bonds is 5. The largest absolute Gasteiger partial charge is 0.380 e. The molecular weight excluding hydrogens is 222 g/mol. The number of halogens is 1. The molecule has 1 atom stereocenters. The van der Waals surface area contributed by atoms with Crippen molar-refractivity contribution < 1.29 is 0 Å². The molecule has 0 aliphatic heterocycles. The molecule has 0 spiro atoms. The minimum Gasteiger partial charge on any atom is -0.380 e. The third kappa shape index (κ3) is 3.41. The van der Waals surface area contributed by atoms with Gasteiger partial charge in [0.2, 0.25) is 0 Å². The van der Waals surface area contributed by atoms with Gasteiger partial charge in [-0.25, -0.2) is 0 Å². The first-order valence-corrected chi connectivity index (χ1v) is 5.75. The topological polar surface area (TPSA) is 61.8 Å². The highest BCUT2D eigenvalue weighted by Crippen LogP contribution is 2.21. The summed E-state index contributed by atoms with van der Waals surface area (Å²) in [5.41, 5.74) is 7.02. The molecular formula is C12H16ClN3. The Bertz CT molecular complexity index is 384. The molecule has 0 fully saturated rings. The van der Waals surface area contributed by atoms with E-state index in [1.165, 1.54) is 0 Å². The Hall–Kier alpha value is -1.24. The van der Waals surface area contributed by atoms with Crippen LogP contribution in [0.5, 0.6) is 0 Å². The van der Waals surface area contributed by atoms with Gasteiger partial charge in [0.25, 0.3) is 0 Å². The molecule has 0 aliphatic rings. The van der Waals surface area contributed by atoms with E-state index in [1.807, 2.05) is 0 Å². The molecule has 0 bridgehead atoms. The van der Waals surface area contributed by atoms with Crippen LogP contribution in [0, 0.1) is 11.3 Å². The molecule has 1 aromatic carbocycles. The Morgan fingerprint density at radius 1 is 1.56 bits per heavy atom. The molecule has 0 saturated heterocycles. The number of anilines is 1. The lowest BCUT2D eigenvalue weighted by atomic mass is 10.1. The normalized spacial score (nSPS) is 11.9. The highest BCUT2D eigenvalue weighted by atomic mass is 35.5. The molecule has 1 aromatic rings. The monoisotopic (exact) mass is 237 g/mol. The summed E-state index contributed by atoms with van der Waals surface area (Å²) in [6.45, 7) is 2.65. The third-order valence-corrected chi connectivity index (χ3v) is 2.62. The van der Waals surface area contributed by atoms with Crippen LogP contribution in [0.1, 0.15) is 25.3 Å². The molecule has 16 heavy (non-hydrogen) atoms. The number of nitrogens with two attached hydrogens (primary N) is 1. The van der Waals surface area contributed by atoms with Crippen LogP contribution in [0.2, 0.25) is 5.02 Å². The maximum atomic E-state index is 8.96. The summed E-state index contributed by atoms with van der Waals surface area (Å²) in [5, 5.41) is 12.8. The van der Waals surface area contributed by atoms with Crippen LogP contribution in [0.25, 0.3) is 0 Å². The maximum absolute atomic E-state index is 8.96. The van der Waals surface area contributed by atoms with E-state index < -0.39 is 0 Å². The minimum absolute atomic E-state index is 0.190. The van der Waals surface area contributed by atoms with Gasteiger partial charge in [-0.05, 0) is 24.6 Å². The van der Waals surface area contributed by atoms with Crippen LogP contribution >= 0.6 is 11.6 Å². The van der Waals surface area contributed by atoms with E-state index in [1.54, 1.807) is 18.2 Å². The van der Waals surface area contributed by atoms with Gasteiger partial charge in [0.1, 0.15) is 6.07 Å². The van der Waals surface area contributed by atoms with Crippen LogP contribution in [0.4, 0.5) is 5.69 Å². The summed E-state index contributed by atoms with van der Waals surface area (Å²) in [6, 6.07) is 7.51. The maximum Gasteiger partial charge on any atom is 0.101 e. The highest BCUT2D eigenvalue weighted by Gasteiger charge is 2.08. The fourth-order valence-corrected chi connectivity index (χ4v) is 1.72. The molecule has 0 aromatic heterocycles. The summed E-state index contributed by atoms with van der Waals surface area (Å²) >= 11 is 5.90. The van der Waals surface area contributed by atoms with Crippen molar-refractivity contribution in [1.29, 1.82) is 5.26 Å². The van der Waals surface area contributed by atoms with E-state index in [4.69, 9.17) is 22.6 Å². The first-order chi connectivity index (χ1) is 7.71. The molecule has 3 N–H and O–H groups in total. The van der Waals surface area contributed by atoms with E-state index in [9.17, 15) is 0 Å². The smallest absolute Gasteiger partial charge is 0.101 e. The summed E-state index contributed by atoms with van der Waals surface area (Å²) in [4.78, 5) is 0. The molecule has 0 radical (unpaired) electrons. The quantitative estimate of drug-likeness (QED) is 0.828. The van der Waals surface area contributed by atoms with Gasteiger partial charge in [-0.2, -0.15) is 5.26 Å². The average Bonchev–Trinajstić information content (AvgIpc) is 2.29.